The van der Waals surface area contributed by atoms with Crippen LogP contribution < -0.4 is 14.8 Å². The van der Waals surface area contributed by atoms with Crippen LogP contribution >= 0.6 is 0 Å². The molecule has 0 saturated carbocycles. The van der Waals surface area contributed by atoms with Gasteiger partial charge >= 0.3 is 0 Å². The Morgan fingerprint density at radius 1 is 1.33 bits per heavy atom. The summed E-state index contributed by atoms with van der Waals surface area (Å²) in [5.41, 5.74) is 1.10. The lowest BCUT2D eigenvalue weighted by Gasteiger charge is -2.36. The monoisotopic (exact) mass is 376 g/mol. The van der Waals surface area contributed by atoms with Gasteiger partial charge in [0.1, 0.15) is 11.5 Å². The van der Waals surface area contributed by atoms with E-state index in [4.69, 9.17) is 9.47 Å². The molecule has 1 unspecified atom stereocenters. The highest BCUT2D eigenvalue weighted by molar-refractivity contribution is 5.79. The molecule has 0 aromatic heterocycles. The Bertz CT molecular complexity index is 618. The van der Waals surface area contributed by atoms with E-state index in [1.165, 1.54) is 19.4 Å². The summed E-state index contributed by atoms with van der Waals surface area (Å²) in [4.78, 5) is 9.17. The SMILES string of the molecule is CN=C(NCC1CCCN(C(C)C)C1)N(C)Cc1ccc(OC)cc1OC. The molecule has 0 bridgehead atoms. The highest BCUT2D eigenvalue weighted by Gasteiger charge is 2.22. The van der Waals surface area contributed by atoms with Crippen molar-refractivity contribution >= 4 is 5.96 Å². The van der Waals surface area contributed by atoms with Crippen molar-refractivity contribution in [1.29, 1.82) is 0 Å². The number of piperidine rings is 1. The number of likely N-dealkylation sites (tertiary alicyclic amines) is 1. The molecule has 1 fully saturated rings. The Hall–Kier alpha value is -1.95. The Morgan fingerprint density at radius 2 is 2.11 bits per heavy atom. The minimum atomic E-state index is 0.623. The van der Waals surface area contributed by atoms with E-state index in [2.05, 4.69) is 41.0 Å². The first kappa shape index (κ1) is 21.4. The van der Waals surface area contributed by atoms with Gasteiger partial charge in [-0.3, -0.25) is 4.99 Å². The van der Waals surface area contributed by atoms with Crippen molar-refractivity contribution in [2.75, 3.05) is 47.9 Å². The normalized spacial score (nSPS) is 18.5. The third kappa shape index (κ3) is 6.03. The van der Waals surface area contributed by atoms with Crippen molar-refractivity contribution in [2.45, 2.75) is 39.3 Å². The number of benzene rings is 1. The highest BCUT2D eigenvalue weighted by Crippen LogP contribution is 2.25. The van der Waals surface area contributed by atoms with Gasteiger partial charge in [-0.15, -0.1) is 0 Å². The molecule has 1 aromatic rings. The maximum Gasteiger partial charge on any atom is 0.193 e. The molecule has 6 nitrogen and oxygen atoms in total. The summed E-state index contributed by atoms with van der Waals surface area (Å²) >= 11 is 0. The van der Waals surface area contributed by atoms with Gasteiger partial charge in [-0.1, -0.05) is 0 Å². The van der Waals surface area contributed by atoms with Crippen LogP contribution in [-0.4, -0.2) is 69.8 Å². The number of hydrogen-bond acceptors (Lipinski definition) is 4. The number of hydrogen-bond donors (Lipinski definition) is 1. The maximum atomic E-state index is 5.52. The van der Waals surface area contributed by atoms with E-state index >= 15 is 0 Å². The molecule has 0 aliphatic carbocycles. The summed E-state index contributed by atoms with van der Waals surface area (Å²) in [7, 11) is 7.25. The number of methoxy groups -OCH3 is 2. The summed E-state index contributed by atoms with van der Waals surface area (Å²) < 4.78 is 10.8. The number of nitrogens with zero attached hydrogens (tertiary/aromatic N) is 3. The van der Waals surface area contributed by atoms with Crippen LogP contribution in [0.1, 0.15) is 32.3 Å². The second-order valence-electron chi connectivity index (χ2n) is 7.56. The van der Waals surface area contributed by atoms with Crippen molar-refractivity contribution in [1.82, 2.24) is 15.1 Å². The van der Waals surface area contributed by atoms with E-state index in [-0.39, 0.29) is 0 Å². The molecule has 27 heavy (non-hydrogen) atoms. The zero-order chi connectivity index (χ0) is 19.8. The van der Waals surface area contributed by atoms with E-state index in [0.29, 0.717) is 12.0 Å². The van der Waals surface area contributed by atoms with Gasteiger partial charge in [0.05, 0.1) is 14.2 Å². The molecule has 1 aliphatic heterocycles. The first-order valence-corrected chi connectivity index (χ1v) is 9.85. The van der Waals surface area contributed by atoms with Crippen LogP contribution in [0.3, 0.4) is 0 Å². The standard InChI is InChI=1S/C21H36N4O2/c1-16(2)25-11-7-8-17(14-25)13-23-21(22-3)24(4)15-18-9-10-19(26-5)12-20(18)27-6/h9-10,12,16-17H,7-8,11,13-15H2,1-6H3,(H,22,23). The fourth-order valence-corrected chi connectivity index (χ4v) is 3.67. The lowest BCUT2D eigenvalue weighted by Crippen LogP contribution is -2.46. The van der Waals surface area contributed by atoms with E-state index < -0.39 is 0 Å². The van der Waals surface area contributed by atoms with Crippen LogP contribution in [0.25, 0.3) is 0 Å². The van der Waals surface area contributed by atoms with Crippen molar-refractivity contribution < 1.29 is 9.47 Å². The van der Waals surface area contributed by atoms with E-state index in [9.17, 15) is 0 Å². The smallest absolute Gasteiger partial charge is 0.193 e. The molecule has 2 rings (SSSR count). The molecular weight excluding hydrogens is 340 g/mol. The Morgan fingerprint density at radius 3 is 2.74 bits per heavy atom. The zero-order valence-corrected chi connectivity index (χ0v) is 17.8. The zero-order valence-electron chi connectivity index (χ0n) is 17.8. The average molecular weight is 377 g/mol. The molecular formula is C21H36N4O2. The number of aliphatic imine (C=N–C) groups is 1. The summed E-state index contributed by atoms with van der Waals surface area (Å²) in [6.45, 7) is 8.63. The first-order chi connectivity index (χ1) is 13.0. The predicted octanol–water partition coefficient (Wildman–Crippen LogP) is 2.83. The molecule has 0 radical (unpaired) electrons. The Balaban J connectivity index is 1.93. The van der Waals surface area contributed by atoms with Gasteiger partial charge in [-0.25, -0.2) is 0 Å². The van der Waals surface area contributed by atoms with Crippen LogP contribution in [0.15, 0.2) is 23.2 Å². The van der Waals surface area contributed by atoms with Gasteiger partial charge in [0, 0.05) is 51.4 Å². The van der Waals surface area contributed by atoms with E-state index in [1.807, 2.05) is 25.2 Å². The average Bonchev–Trinajstić information content (AvgIpc) is 2.68. The van der Waals surface area contributed by atoms with Crippen molar-refractivity contribution in [2.24, 2.45) is 10.9 Å². The minimum absolute atomic E-state index is 0.623. The lowest BCUT2D eigenvalue weighted by atomic mass is 9.97. The number of ether oxygens (including phenoxy) is 2. The van der Waals surface area contributed by atoms with E-state index in [1.54, 1.807) is 14.2 Å². The Labute approximate surface area is 164 Å². The summed E-state index contributed by atoms with van der Waals surface area (Å²) in [6.07, 6.45) is 2.56. The maximum absolute atomic E-state index is 5.52. The molecule has 1 N–H and O–H groups in total. The number of nitrogens with one attached hydrogen (secondary N) is 1. The molecule has 6 heteroatoms. The van der Waals surface area contributed by atoms with Gasteiger partial charge in [0.25, 0.3) is 0 Å². The van der Waals surface area contributed by atoms with Crippen molar-refractivity contribution in [3.05, 3.63) is 23.8 Å². The highest BCUT2D eigenvalue weighted by atomic mass is 16.5. The molecule has 1 saturated heterocycles. The van der Waals surface area contributed by atoms with Gasteiger partial charge in [-0.2, -0.15) is 0 Å². The van der Waals surface area contributed by atoms with Crippen LogP contribution in [-0.2, 0) is 6.54 Å². The van der Waals surface area contributed by atoms with Gasteiger partial charge < -0.3 is 24.6 Å². The molecule has 152 valence electrons. The van der Waals surface area contributed by atoms with Gasteiger partial charge in [-0.05, 0) is 51.3 Å². The number of guanidine groups is 1. The molecule has 1 heterocycles. The quantitative estimate of drug-likeness (QED) is 0.586. The predicted molar refractivity (Wildman–Crippen MR) is 112 cm³/mol. The molecule has 0 amide bonds. The molecule has 1 aromatic carbocycles. The largest absolute Gasteiger partial charge is 0.497 e. The van der Waals surface area contributed by atoms with E-state index in [0.717, 1.165) is 42.7 Å². The summed E-state index contributed by atoms with van der Waals surface area (Å²) in [5, 5.41) is 3.56. The third-order valence-electron chi connectivity index (χ3n) is 5.30. The second kappa shape index (κ2) is 10.4. The van der Waals surface area contributed by atoms with Crippen LogP contribution in [0.4, 0.5) is 0 Å². The molecule has 1 aliphatic rings. The summed E-state index contributed by atoms with van der Waals surface area (Å²) in [5.74, 6) is 3.21. The second-order valence-corrected chi connectivity index (χ2v) is 7.56. The van der Waals surface area contributed by atoms with Crippen molar-refractivity contribution in [3.8, 4) is 11.5 Å². The van der Waals surface area contributed by atoms with Crippen LogP contribution in [0.2, 0.25) is 0 Å². The van der Waals surface area contributed by atoms with Gasteiger partial charge in [0.15, 0.2) is 5.96 Å². The third-order valence-corrected chi connectivity index (χ3v) is 5.30. The van der Waals surface area contributed by atoms with Crippen LogP contribution in [0, 0.1) is 5.92 Å². The fourth-order valence-electron chi connectivity index (χ4n) is 3.67. The van der Waals surface area contributed by atoms with Gasteiger partial charge in [0.2, 0.25) is 0 Å². The molecule has 0 spiro atoms. The fraction of sp³-hybridized carbons (Fsp3) is 0.667. The number of rotatable bonds is 7. The van der Waals surface area contributed by atoms with Crippen LogP contribution in [0.5, 0.6) is 11.5 Å². The van der Waals surface area contributed by atoms with Crippen molar-refractivity contribution in [3.63, 3.8) is 0 Å². The minimum Gasteiger partial charge on any atom is -0.497 e. The molecule has 1 atom stereocenters. The lowest BCUT2D eigenvalue weighted by molar-refractivity contribution is 0.140. The summed E-state index contributed by atoms with van der Waals surface area (Å²) in [6, 6.07) is 6.55. The topological polar surface area (TPSA) is 49.3 Å². The Kier molecular flexibility index (Phi) is 8.23. The first-order valence-electron chi connectivity index (χ1n) is 9.85.